The number of rotatable bonds is 4. The van der Waals surface area contributed by atoms with E-state index in [1.807, 2.05) is 12.1 Å². The molecule has 3 heterocycles. The van der Waals surface area contributed by atoms with Gasteiger partial charge in [-0.3, -0.25) is 14.6 Å². The number of nitrogens with zero attached hydrogens (tertiary/aromatic N) is 2. The van der Waals surface area contributed by atoms with Crippen molar-refractivity contribution in [2.75, 3.05) is 12.3 Å². The van der Waals surface area contributed by atoms with E-state index >= 15 is 0 Å². The number of fused-ring (bicyclic) bond motifs is 1. The number of hydrogen-bond donors (Lipinski definition) is 1. The Balaban J connectivity index is 1.55. The molecular weight excluding hydrogens is 286 g/mol. The van der Waals surface area contributed by atoms with Crippen molar-refractivity contribution in [3.05, 3.63) is 30.1 Å². The molecule has 2 aliphatic heterocycles. The van der Waals surface area contributed by atoms with Crippen LogP contribution < -0.4 is 5.32 Å². The molecule has 2 fully saturated rings. The Morgan fingerprint density at radius 1 is 1.62 bits per heavy atom. The highest BCUT2D eigenvalue weighted by Gasteiger charge is 2.52. The van der Waals surface area contributed by atoms with Crippen LogP contribution in [0.3, 0.4) is 0 Å². The van der Waals surface area contributed by atoms with E-state index in [4.69, 9.17) is 0 Å². The van der Waals surface area contributed by atoms with Crippen molar-refractivity contribution in [3.63, 3.8) is 0 Å². The maximum Gasteiger partial charge on any atom is 0.243 e. The Morgan fingerprint density at radius 2 is 2.48 bits per heavy atom. The standard InChI is InChI=1S/C15H19N3O2S/c1-15-6-4-13(19)18(15)12(10-21-15)14(20)17-8-5-11-3-2-7-16-9-11/h2-3,7,9,12H,4-6,8,10H2,1H3,(H,17,20). The summed E-state index contributed by atoms with van der Waals surface area (Å²) in [5, 5.41) is 2.95. The summed E-state index contributed by atoms with van der Waals surface area (Å²) in [6.07, 6.45) is 5.69. The van der Waals surface area contributed by atoms with E-state index in [2.05, 4.69) is 17.2 Å². The van der Waals surface area contributed by atoms with Crippen LogP contribution in [0, 0.1) is 0 Å². The number of amides is 2. The Kier molecular flexibility index (Phi) is 3.89. The fourth-order valence-electron chi connectivity index (χ4n) is 3.01. The zero-order valence-electron chi connectivity index (χ0n) is 12.0. The van der Waals surface area contributed by atoms with Crippen LogP contribution in [0.5, 0.6) is 0 Å². The summed E-state index contributed by atoms with van der Waals surface area (Å²) in [5.41, 5.74) is 1.10. The third kappa shape index (κ3) is 2.77. The minimum Gasteiger partial charge on any atom is -0.354 e. The van der Waals surface area contributed by atoms with Gasteiger partial charge < -0.3 is 10.2 Å². The number of carbonyl (C=O) groups is 2. The van der Waals surface area contributed by atoms with Crippen molar-refractivity contribution >= 4 is 23.6 Å². The largest absolute Gasteiger partial charge is 0.354 e. The molecule has 1 aromatic heterocycles. The van der Waals surface area contributed by atoms with E-state index in [-0.39, 0.29) is 22.7 Å². The minimum absolute atomic E-state index is 0.0367. The summed E-state index contributed by atoms with van der Waals surface area (Å²) in [5.74, 6) is 0.765. The van der Waals surface area contributed by atoms with Crippen LogP contribution in [0.15, 0.2) is 24.5 Å². The van der Waals surface area contributed by atoms with Crippen molar-refractivity contribution in [2.45, 2.75) is 37.1 Å². The van der Waals surface area contributed by atoms with E-state index in [1.54, 1.807) is 29.1 Å². The molecule has 2 aliphatic rings. The van der Waals surface area contributed by atoms with Crippen LogP contribution >= 0.6 is 11.8 Å². The van der Waals surface area contributed by atoms with E-state index in [0.29, 0.717) is 18.7 Å². The Bertz CT molecular complexity index is 551. The maximum absolute atomic E-state index is 12.3. The second-order valence-corrected chi connectivity index (χ2v) is 7.17. The number of nitrogens with one attached hydrogen (secondary N) is 1. The number of pyridine rings is 1. The molecule has 21 heavy (non-hydrogen) atoms. The van der Waals surface area contributed by atoms with Gasteiger partial charge in [-0.05, 0) is 31.4 Å². The van der Waals surface area contributed by atoms with Crippen LogP contribution in [0.25, 0.3) is 0 Å². The SMILES string of the molecule is CC12CCC(=O)N1C(C(=O)NCCc1cccnc1)CS2. The van der Waals surface area contributed by atoms with Gasteiger partial charge in [0.1, 0.15) is 6.04 Å². The van der Waals surface area contributed by atoms with Crippen molar-refractivity contribution < 1.29 is 9.59 Å². The third-order valence-corrected chi connectivity index (χ3v) is 5.69. The highest BCUT2D eigenvalue weighted by atomic mass is 32.2. The number of hydrogen-bond acceptors (Lipinski definition) is 4. The maximum atomic E-state index is 12.3. The molecule has 0 bridgehead atoms. The lowest BCUT2D eigenvalue weighted by Gasteiger charge is -2.29. The topological polar surface area (TPSA) is 62.3 Å². The summed E-state index contributed by atoms with van der Waals surface area (Å²) in [6, 6.07) is 3.56. The first-order chi connectivity index (χ1) is 10.1. The lowest BCUT2D eigenvalue weighted by atomic mass is 10.2. The predicted octanol–water partition coefficient (Wildman–Crippen LogP) is 1.19. The van der Waals surface area contributed by atoms with Crippen LogP contribution in [0.4, 0.5) is 0 Å². The van der Waals surface area contributed by atoms with Crippen LogP contribution in [-0.4, -0.2) is 44.9 Å². The quantitative estimate of drug-likeness (QED) is 0.908. The van der Waals surface area contributed by atoms with Gasteiger partial charge >= 0.3 is 0 Å². The molecule has 2 amide bonds. The Morgan fingerprint density at radius 3 is 3.24 bits per heavy atom. The highest BCUT2D eigenvalue weighted by Crippen LogP contribution is 2.47. The molecule has 2 atom stereocenters. The molecule has 2 unspecified atom stereocenters. The second kappa shape index (κ2) is 5.67. The average molecular weight is 305 g/mol. The first-order valence-corrected chi connectivity index (χ1v) is 8.21. The molecular formula is C15H19N3O2S. The van der Waals surface area contributed by atoms with Crippen LogP contribution in [0.2, 0.25) is 0 Å². The molecule has 112 valence electrons. The predicted molar refractivity (Wildman–Crippen MR) is 81.7 cm³/mol. The summed E-state index contributed by atoms with van der Waals surface area (Å²) < 4.78 is 0. The smallest absolute Gasteiger partial charge is 0.243 e. The number of carbonyl (C=O) groups excluding carboxylic acids is 2. The van der Waals surface area contributed by atoms with Gasteiger partial charge in [0.25, 0.3) is 0 Å². The molecule has 5 nitrogen and oxygen atoms in total. The number of thioether (sulfide) groups is 1. The molecule has 0 aromatic carbocycles. The van der Waals surface area contributed by atoms with Crippen molar-refractivity contribution in [1.82, 2.24) is 15.2 Å². The van der Waals surface area contributed by atoms with Crippen LogP contribution in [0.1, 0.15) is 25.3 Å². The lowest BCUT2D eigenvalue weighted by Crippen LogP contribution is -2.50. The first kappa shape index (κ1) is 14.4. The number of aromatic nitrogens is 1. The van der Waals surface area contributed by atoms with E-state index in [0.717, 1.165) is 18.4 Å². The molecule has 1 aromatic rings. The normalized spacial score (nSPS) is 27.8. The molecule has 0 saturated carbocycles. The van der Waals surface area contributed by atoms with Gasteiger partial charge in [-0.1, -0.05) is 6.07 Å². The Labute approximate surface area is 128 Å². The average Bonchev–Trinajstić information content (AvgIpc) is 2.97. The third-order valence-electron chi connectivity index (χ3n) is 4.18. The van der Waals surface area contributed by atoms with Gasteiger partial charge in [0.15, 0.2) is 0 Å². The highest BCUT2D eigenvalue weighted by molar-refractivity contribution is 8.01. The summed E-state index contributed by atoms with van der Waals surface area (Å²) >= 11 is 1.72. The van der Waals surface area contributed by atoms with Crippen molar-refractivity contribution in [1.29, 1.82) is 0 Å². The molecule has 0 radical (unpaired) electrons. The first-order valence-electron chi connectivity index (χ1n) is 7.23. The second-order valence-electron chi connectivity index (χ2n) is 5.67. The fourth-order valence-corrected chi connectivity index (χ4v) is 4.44. The summed E-state index contributed by atoms with van der Waals surface area (Å²) in [4.78, 5) is 30.0. The summed E-state index contributed by atoms with van der Waals surface area (Å²) in [6.45, 7) is 2.63. The van der Waals surface area contributed by atoms with E-state index in [9.17, 15) is 9.59 Å². The molecule has 0 spiro atoms. The zero-order chi connectivity index (χ0) is 14.9. The molecule has 3 rings (SSSR count). The van der Waals surface area contributed by atoms with E-state index in [1.165, 1.54) is 0 Å². The van der Waals surface area contributed by atoms with Gasteiger partial charge in [0.05, 0.1) is 4.87 Å². The zero-order valence-corrected chi connectivity index (χ0v) is 12.9. The van der Waals surface area contributed by atoms with Gasteiger partial charge in [-0.15, -0.1) is 11.8 Å². The van der Waals surface area contributed by atoms with Crippen molar-refractivity contribution in [3.8, 4) is 0 Å². The monoisotopic (exact) mass is 305 g/mol. The molecule has 1 N–H and O–H groups in total. The van der Waals surface area contributed by atoms with Gasteiger partial charge in [-0.25, -0.2) is 0 Å². The summed E-state index contributed by atoms with van der Waals surface area (Å²) in [7, 11) is 0. The van der Waals surface area contributed by atoms with Crippen LogP contribution in [-0.2, 0) is 16.0 Å². The van der Waals surface area contributed by atoms with Gasteiger partial charge in [-0.2, -0.15) is 0 Å². The lowest BCUT2D eigenvalue weighted by molar-refractivity contribution is -0.137. The Hall–Kier alpha value is -1.56. The van der Waals surface area contributed by atoms with Gasteiger partial charge in [0.2, 0.25) is 11.8 Å². The van der Waals surface area contributed by atoms with E-state index < -0.39 is 0 Å². The van der Waals surface area contributed by atoms with Gasteiger partial charge in [0, 0.05) is 31.1 Å². The minimum atomic E-state index is -0.316. The molecule has 2 saturated heterocycles. The molecule has 0 aliphatic carbocycles. The fraction of sp³-hybridized carbons (Fsp3) is 0.533. The van der Waals surface area contributed by atoms with Crippen molar-refractivity contribution in [2.24, 2.45) is 0 Å². The molecule has 6 heteroatoms.